The van der Waals surface area contributed by atoms with Crippen LogP contribution in [0, 0.1) is 19.8 Å². The van der Waals surface area contributed by atoms with Crippen molar-refractivity contribution in [1.82, 2.24) is 4.98 Å². The Labute approximate surface area is 105 Å². The molecule has 1 heterocycles. The molecule has 0 spiro atoms. The van der Waals surface area contributed by atoms with Crippen molar-refractivity contribution in [3.63, 3.8) is 0 Å². The van der Waals surface area contributed by atoms with Crippen LogP contribution in [-0.2, 0) is 0 Å². The molecule has 1 N–H and O–H groups in total. The van der Waals surface area contributed by atoms with Crippen molar-refractivity contribution in [3.05, 3.63) is 23.5 Å². The first-order valence-electron chi connectivity index (χ1n) is 6.85. The summed E-state index contributed by atoms with van der Waals surface area (Å²) in [6.45, 7) is 6.50. The third kappa shape index (κ3) is 3.72. The predicted octanol–water partition coefficient (Wildman–Crippen LogP) is 4.08. The summed E-state index contributed by atoms with van der Waals surface area (Å²) in [4.78, 5) is 4.42. The number of aromatic nitrogens is 1. The molecular formula is C15H24N2. The molecule has 0 aliphatic heterocycles. The maximum atomic E-state index is 4.42. The summed E-state index contributed by atoms with van der Waals surface area (Å²) in [7, 11) is 0. The minimum atomic E-state index is 0.654. The van der Waals surface area contributed by atoms with E-state index in [0.29, 0.717) is 6.04 Å². The first kappa shape index (κ1) is 12.4. The number of hydrogen-bond donors (Lipinski definition) is 1. The number of aryl methyl sites for hydroxylation is 2. The van der Waals surface area contributed by atoms with Crippen molar-refractivity contribution in [2.45, 2.75) is 58.9 Å². The van der Waals surface area contributed by atoms with E-state index in [1.165, 1.54) is 37.8 Å². The average Bonchev–Trinajstić information content (AvgIpc) is 2.42. The van der Waals surface area contributed by atoms with Crippen LogP contribution in [0.25, 0.3) is 0 Å². The van der Waals surface area contributed by atoms with Crippen molar-refractivity contribution in [2.24, 2.45) is 5.92 Å². The van der Waals surface area contributed by atoms with E-state index >= 15 is 0 Å². The lowest BCUT2D eigenvalue weighted by molar-refractivity contribution is 0.502. The molecule has 1 saturated carbocycles. The molecule has 17 heavy (non-hydrogen) atoms. The fraction of sp³-hybridized carbons (Fsp3) is 0.667. The molecule has 2 atom stereocenters. The molecule has 1 aromatic heterocycles. The number of anilines is 1. The van der Waals surface area contributed by atoms with E-state index in [0.717, 1.165) is 17.3 Å². The molecule has 94 valence electrons. The third-order valence-electron chi connectivity index (χ3n) is 3.71. The second kappa shape index (κ2) is 5.52. The van der Waals surface area contributed by atoms with Gasteiger partial charge in [-0.15, -0.1) is 0 Å². The molecule has 0 bridgehead atoms. The molecule has 1 fully saturated rings. The molecule has 0 aromatic carbocycles. The van der Waals surface area contributed by atoms with Gasteiger partial charge in [0, 0.05) is 23.1 Å². The van der Waals surface area contributed by atoms with Crippen molar-refractivity contribution >= 4 is 5.69 Å². The van der Waals surface area contributed by atoms with Crippen LogP contribution in [0.4, 0.5) is 5.69 Å². The Kier molecular flexibility index (Phi) is 4.03. The molecule has 1 aromatic rings. The zero-order valence-electron chi connectivity index (χ0n) is 11.3. The lowest BCUT2D eigenvalue weighted by atomic mass is 10.0. The van der Waals surface area contributed by atoms with E-state index < -0.39 is 0 Å². The summed E-state index contributed by atoms with van der Waals surface area (Å²) in [6, 6.07) is 4.96. The number of rotatable bonds is 2. The van der Waals surface area contributed by atoms with Crippen LogP contribution in [0.1, 0.15) is 50.4 Å². The standard InChI is InChI=1S/C15H24N2/c1-11-5-4-6-14(8-7-11)17-15-9-12(2)16-13(3)10-15/h9-11,14H,4-8H2,1-3H3,(H,16,17). The first-order valence-corrected chi connectivity index (χ1v) is 6.85. The van der Waals surface area contributed by atoms with Gasteiger partial charge in [0.25, 0.3) is 0 Å². The second-order valence-corrected chi connectivity index (χ2v) is 5.59. The third-order valence-corrected chi connectivity index (χ3v) is 3.71. The molecule has 1 aliphatic carbocycles. The van der Waals surface area contributed by atoms with Crippen LogP contribution in [0.2, 0.25) is 0 Å². The predicted molar refractivity (Wildman–Crippen MR) is 73.4 cm³/mol. The Hall–Kier alpha value is -1.05. The maximum absolute atomic E-state index is 4.42. The van der Waals surface area contributed by atoms with Crippen LogP contribution < -0.4 is 5.32 Å². The van der Waals surface area contributed by atoms with E-state index in [-0.39, 0.29) is 0 Å². The Morgan fingerprint density at radius 2 is 1.76 bits per heavy atom. The Balaban J connectivity index is 1.99. The SMILES string of the molecule is Cc1cc(NC2CCCC(C)CC2)cc(C)n1. The van der Waals surface area contributed by atoms with E-state index in [4.69, 9.17) is 0 Å². The van der Waals surface area contributed by atoms with E-state index in [1.807, 2.05) is 0 Å². The number of hydrogen-bond acceptors (Lipinski definition) is 2. The monoisotopic (exact) mass is 232 g/mol. The Morgan fingerprint density at radius 3 is 2.47 bits per heavy atom. The van der Waals surface area contributed by atoms with Crippen LogP contribution in [0.3, 0.4) is 0 Å². The minimum absolute atomic E-state index is 0.654. The van der Waals surface area contributed by atoms with E-state index in [1.54, 1.807) is 0 Å². The van der Waals surface area contributed by atoms with Gasteiger partial charge in [0.2, 0.25) is 0 Å². The molecule has 0 amide bonds. The van der Waals surface area contributed by atoms with Gasteiger partial charge in [0.05, 0.1) is 0 Å². The van der Waals surface area contributed by atoms with Gasteiger partial charge in [-0.3, -0.25) is 4.98 Å². The highest BCUT2D eigenvalue weighted by Gasteiger charge is 2.15. The zero-order valence-corrected chi connectivity index (χ0v) is 11.3. The molecule has 0 saturated heterocycles. The molecule has 2 nitrogen and oxygen atoms in total. The highest BCUT2D eigenvalue weighted by molar-refractivity contribution is 5.46. The van der Waals surface area contributed by atoms with Crippen LogP contribution in [0.5, 0.6) is 0 Å². The number of nitrogens with zero attached hydrogens (tertiary/aromatic N) is 1. The lowest BCUT2D eigenvalue weighted by Crippen LogP contribution is -2.18. The van der Waals surface area contributed by atoms with Gasteiger partial charge < -0.3 is 5.32 Å². The Bertz CT molecular complexity index is 353. The topological polar surface area (TPSA) is 24.9 Å². The fourth-order valence-electron chi connectivity index (χ4n) is 2.78. The van der Waals surface area contributed by atoms with E-state index in [9.17, 15) is 0 Å². The van der Waals surface area contributed by atoms with E-state index in [2.05, 4.69) is 43.2 Å². The second-order valence-electron chi connectivity index (χ2n) is 5.59. The number of pyridine rings is 1. The van der Waals surface area contributed by atoms with Crippen LogP contribution >= 0.6 is 0 Å². The normalized spacial score (nSPS) is 25.4. The Morgan fingerprint density at radius 1 is 1.06 bits per heavy atom. The zero-order chi connectivity index (χ0) is 12.3. The van der Waals surface area contributed by atoms with Crippen LogP contribution in [0.15, 0.2) is 12.1 Å². The van der Waals surface area contributed by atoms with Gasteiger partial charge in [0.1, 0.15) is 0 Å². The smallest absolute Gasteiger partial charge is 0.0396 e. The summed E-state index contributed by atoms with van der Waals surface area (Å²) in [5.74, 6) is 0.905. The van der Waals surface area contributed by atoms with Gasteiger partial charge in [-0.25, -0.2) is 0 Å². The van der Waals surface area contributed by atoms with Crippen molar-refractivity contribution in [3.8, 4) is 0 Å². The number of nitrogens with one attached hydrogen (secondary N) is 1. The highest BCUT2D eigenvalue weighted by atomic mass is 14.9. The van der Waals surface area contributed by atoms with Gasteiger partial charge in [-0.2, -0.15) is 0 Å². The highest BCUT2D eigenvalue weighted by Crippen LogP contribution is 2.25. The molecule has 0 radical (unpaired) electrons. The molecular weight excluding hydrogens is 208 g/mol. The van der Waals surface area contributed by atoms with Crippen molar-refractivity contribution in [1.29, 1.82) is 0 Å². The maximum Gasteiger partial charge on any atom is 0.0396 e. The molecule has 1 aliphatic rings. The average molecular weight is 232 g/mol. The summed E-state index contributed by atoms with van der Waals surface area (Å²) in [6.07, 6.45) is 6.74. The van der Waals surface area contributed by atoms with Gasteiger partial charge in [0.15, 0.2) is 0 Å². The summed E-state index contributed by atoms with van der Waals surface area (Å²) >= 11 is 0. The summed E-state index contributed by atoms with van der Waals surface area (Å²) < 4.78 is 0. The van der Waals surface area contributed by atoms with Crippen LogP contribution in [-0.4, -0.2) is 11.0 Å². The van der Waals surface area contributed by atoms with Gasteiger partial charge in [-0.1, -0.05) is 19.8 Å². The minimum Gasteiger partial charge on any atom is -0.382 e. The van der Waals surface area contributed by atoms with Gasteiger partial charge >= 0.3 is 0 Å². The lowest BCUT2D eigenvalue weighted by Gasteiger charge is -2.18. The van der Waals surface area contributed by atoms with Gasteiger partial charge in [-0.05, 0) is 51.2 Å². The largest absolute Gasteiger partial charge is 0.382 e. The van der Waals surface area contributed by atoms with Crippen molar-refractivity contribution in [2.75, 3.05) is 5.32 Å². The molecule has 2 heteroatoms. The fourth-order valence-corrected chi connectivity index (χ4v) is 2.78. The van der Waals surface area contributed by atoms with Crippen molar-refractivity contribution < 1.29 is 0 Å². The quantitative estimate of drug-likeness (QED) is 0.777. The molecule has 2 unspecified atom stereocenters. The first-order chi connectivity index (χ1) is 8.13. The summed E-state index contributed by atoms with van der Waals surface area (Å²) in [5, 5.41) is 3.68. The summed E-state index contributed by atoms with van der Waals surface area (Å²) in [5.41, 5.74) is 3.46. The molecule has 2 rings (SSSR count).